The first-order chi connectivity index (χ1) is 8.28. The maximum absolute atomic E-state index is 12.7. The Balaban J connectivity index is 1.99. The molecule has 0 atom stereocenters. The normalized spacial score (nSPS) is 10.2. The maximum Gasteiger partial charge on any atom is 0.123 e. The lowest BCUT2D eigenvalue weighted by Crippen LogP contribution is -1.95. The van der Waals surface area contributed by atoms with Crippen LogP contribution in [-0.2, 0) is 11.9 Å². The van der Waals surface area contributed by atoms with Crippen LogP contribution in [0.4, 0.5) is 4.39 Å². The van der Waals surface area contributed by atoms with Gasteiger partial charge in [0, 0.05) is 5.33 Å². The molecule has 0 aliphatic rings. The summed E-state index contributed by atoms with van der Waals surface area (Å²) in [5, 5.41) is 0.806. The van der Waals surface area contributed by atoms with Gasteiger partial charge >= 0.3 is 0 Å². The fraction of sp³-hybridized carbons (Fsp3) is 0.143. The van der Waals surface area contributed by atoms with E-state index in [0.29, 0.717) is 6.61 Å². The average Bonchev–Trinajstić information content (AvgIpc) is 2.38. The standard InChI is InChI=1S/C14H12BrFO/c15-9-12-2-1-3-14(8-12)17-10-11-4-6-13(16)7-5-11/h1-8H,9-10H2. The SMILES string of the molecule is Fc1ccc(COc2cccc(CBr)c2)cc1. The minimum Gasteiger partial charge on any atom is -0.489 e. The van der Waals surface area contributed by atoms with Crippen LogP contribution in [0.3, 0.4) is 0 Å². The van der Waals surface area contributed by atoms with Gasteiger partial charge in [0.25, 0.3) is 0 Å². The van der Waals surface area contributed by atoms with Gasteiger partial charge in [-0.3, -0.25) is 0 Å². The smallest absolute Gasteiger partial charge is 0.123 e. The Kier molecular flexibility index (Phi) is 4.15. The number of ether oxygens (including phenoxy) is 1. The fourth-order valence-electron chi connectivity index (χ4n) is 1.47. The van der Waals surface area contributed by atoms with Crippen molar-refractivity contribution in [2.75, 3.05) is 0 Å². The van der Waals surface area contributed by atoms with Crippen LogP contribution < -0.4 is 4.74 Å². The van der Waals surface area contributed by atoms with E-state index >= 15 is 0 Å². The first kappa shape index (κ1) is 12.1. The van der Waals surface area contributed by atoms with Gasteiger partial charge in [0.1, 0.15) is 18.2 Å². The Labute approximate surface area is 108 Å². The minimum absolute atomic E-state index is 0.227. The lowest BCUT2D eigenvalue weighted by atomic mass is 10.2. The molecule has 0 aliphatic heterocycles. The van der Waals surface area contributed by atoms with Gasteiger partial charge in [-0.05, 0) is 35.4 Å². The summed E-state index contributed by atoms with van der Waals surface area (Å²) in [4.78, 5) is 0. The summed E-state index contributed by atoms with van der Waals surface area (Å²) in [6.45, 7) is 0.450. The average molecular weight is 295 g/mol. The molecule has 0 N–H and O–H groups in total. The molecular formula is C14H12BrFO. The Morgan fingerprint density at radius 3 is 2.47 bits per heavy atom. The van der Waals surface area contributed by atoms with E-state index in [-0.39, 0.29) is 5.82 Å². The van der Waals surface area contributed by atoms with E-state index in [0.717, 1.165) is 16.6 Å². The monoisotopic (exact) mass is 294 g/mol. The number of alkyl halides is 1. The molecule has 3 heteroatoms. The molecule has 0 aromatic heterocycles. The summed E-state index contributed by atoms with van der Waals surface area (Å²) in [5.74, 6) is 0.598. The quantitative estimate of drug-likeness (QED) is 0.764. The highest BCUT2D eigenvalue weighted by atomic mass is 79.9. The Morgan fingerprint density at radius 2 is 1.76 bits per heavy atom. The zero-order chi connectivity index (χ0) is 12.1. The Bertz CT molecular complexity index is 482. The van der Waals surface area contributed by atoms with Crippen molar-refractivity contribution in [3.8, 4) is 5.75 Å². The third-order valence-corrected chi connectivity index (χ3v) is 3.02. The van der Waals surface area contributed by atoms with Crippen molar-refractivity contribution >= 4 is 15.9 Å². The highest BCUT2D eigenvalue weighted by molar-refractivity contribution is 9.08. The number of halogens is 2. The molecule has 0 heterocycles. The molecule has 0 radical (unpaired) electrons. The van der Waals surface area contributed by atoms with E-state index in [1.807, 2.05) is 24.3 Å². The molecule has 0 fully saturated rings. The van der Waals surface area contributed by atoms with E-state index in [4.69, 9.17) is 4.74 Å². The third kappa shape index (κ3) is 3.56. The number of rotatable bonds is 4. The number of benzene rings is 2. The van der Waals surface area contributed by atoms with E-state index in [1.165, 1.54) is 17.7 Å². The van der Waals surface area contributed by atoms with Crippen LogP contribution >= 0.6 is 15.9 Å². The van der Waals surface area contributed by atoms with E-state index in [1.54, 1.807) is 12.1 Å². The van der Waals surface area contributed by atoms with Crippen LogP contribution in [0.1, 0.15) is 11.1 Å². The first-order valence-corrected chi connectivity index (χ1v) is 6.42. The molecule has 2 aromatic carbocycles. The van der Waals surface area contributed by atoms with Gasteiger partial charge < -0.3 is 4.74 Å². The Hall–Kier alpha value is -1.35. The Morgan fingerprint density at radius 1 is 1.00 bits per heavy atom. The van der Waals surface area contributed by atoms with Crippen LogP contribution in [0.5, 0.6) is 5.75 Å². The molecule has 0 aliphatic carbocycles. The summed E-state index contributed by atoms with van der Waals surface area (Å²) in [6.07, 6.45) is 0. The van der Waals surface area contributed by atoms with Gasteiger partial charge in [0.2, 0.25) is 0 Å². The van der Waals surface area contributed by atoms with Crippen molar-refractivity contribution in [2.24, 2.45) is 0 Å². The molecule has 1 nitrogen and oxygen atoms in total. The van der Waals surface area contributed by atoms with Gasteiger partial charge in [-0.2, -0.15) is 0 Å². The molecule has 2 rings (SSSR count). The van der Waals surface area contributed by atoms with Crippen LogP contribution in [0.15, 0.2) is 48.5 Å². The molecule has 0 spiro atoms. The van der Waals surface area contributed by atoms with Crippen molar-refractivity contribution in [1.29, 1.82) is 0 Å². The van der Waals surface area contributed by atoms with E-state index in [2.05, 4.69) is 15.9 Å². The van der Waals surface area contributed by atoms with Gasteiger partial charge in [0.15, 0.2) is 0 Å². The second-order valence-corrected chi connectivity index (χ2v) is 4.26. The van der Waals surface area contributed by atoms with Crippen molar-refractivity contribution in [1.82, 2.24) is 0 Å². The van der Waals surface area contributed by atoms with Crippen molar-refractivity contribution < 1.29 is 9.13 Å². The zero-order valence-electron chi connectivity index (χ0n) is 9.20. The predicted molar refractivity (Wildman–Crippen MR) is 69.8 cm³/mol. The summed E-state index contributed by atoms with van der Waals surface area (Å²) >= 11 is 3.40. The van der Waals surface area contributed by atoms with Crippen LogP contribution in [0, 0.1) is 5.82 Å². The summed E-state index contributed by atoms with van der Waals surface area (Å²) < 4.78 is 18.3. The second-order valence-electron chi connectivity index (χ2n) is 3.70. The summed E-state index contributed by atoms with van der Waals surface area (Å²) in [5.41, 5.74) is 2.12. The molecular weight excluding hydrogens is 283 g/mol. The fourth-order valence-corrected chi connectivity index (χ4v) is 1.81. The molecule has 17 heavy (non-hydrogen) atoms. The van der Waals surface area contributed by atoms with E-state index < -0.39 is 0 Å². The lowest BCUT2D eigenvalue weighted by Gasteiger charge is -2.07. The second kappa shape index (κ2) is 5.82. The topological polar surface area (TPSA) is 9.23 Å². The highest BCUT2D eigenvalue weighted by Gasteiger charge is 1.98. The van der Waals surface area contributed by atoms with Crippen molar-refractivity contribution in [3.05, 3.63) is 65.5 Å². The number of hydrogen-bond acceptors (Lipinski definition) is 1. The molecule has 0 amide bonds. The van der Waals surface area contributed by atoms with Gasteiger partial charge in [-0.15, -0.1) is 0 Å². The zero-order valence-corrected chi connectivity index (χ0v) is 10.8. The first-order valence-electron chi connectivity index (χ1n) is 5.30. The highest BCUT2D eigenvalue weighted by Crippen LogP contribution is 2.17. The minimum atomic E-state index is -0.227. The summed E-state index contributed by atoms with van der Waals surface area (Å²) in [7, 11) is 0. The molecule has 2 aromatic rings. The van der Waals surface area contributed by atoms with Gasteiger partial charge in [-0.1, -0.05) is 40.2 Å². The predicted octanol–water partition coefficient (Wildman–Crippen LogP) is 4.30. The maximum atomic E-state index is 12.7. The van der Waals surface area contributed by atoms with Gasteiger partial charge in [-0.25, -0.2) is 4.39 Å². The molecule has 0 bridgehead atoms. The van der Waals surface area contributed by atoms with E-state index in [9.17, 15) is 4.39 Å². The molecule has 0 saturated carbocycles. The largest absolute Gasteiger partial charge is 0.489 e. The van der Waals surface area contributed by atoms with Crippen LogP contribution in [-0.4, -0.2) is 0 Å². The number of hydrogen-bond donors (Lipinski definition) is 0. The lowest BCUT2D eigenvalue weighted by molar-refractivity contribution is 0.306. The van der Waals surface area contributed by atoms with Crippen LogP contribution in [0.25, 0.3) is 0 Å². The van der Waals surface area contributed by atoms with Crippen molar-refractivity contribution in [3.63, 3.8) is 0 Å². The molecule has 0 saturated heterocycles. The van der Waals surface area contributed by atoms with Crippen molar-refractivity contribution in [2.45, 2.75) is 11.9 Å². The third-order valence-electron chi connectivity index (χ3n) is 2.37. The molecule has 88 valence electrons. The van der Waals surface area contributed by atoms with Crippen LogP contribution in [0.2, 0.25) is 0 Å². The molecule has 0 unspecified atom stereocenters. The summed E-state index contributed by atoms with van der Waals surface area (Å²) in [6, 6.07) is 14.2. The van der Waals surface area contributed by atoms with Gasteiger partial charge in [0.05, 0.1) is 0 Å².